The molecule has 0 aromatic carbocycles. The summed E-state index contributed by atoms with van der Waals surface area (Å²) in [6.07, 6.45) is 9.33. The molecule has 4 heteroatoms. The zero-order chi connectivity index (χ0) is 22.0. The Hall–Kier alpha value is -0.940. The van der Waals surface area contributed by atoms with Gasteiger partial charge < -0.3 is 19.3 Å². The summed E-state index contributed by atoms with van der Waals surface area (Å²) in [4.78, 5) is 0. The van der Waals surface area contributed by atoms with Crippen molar-refractivity contribution in [2.24, 2.45) is 17.3 Å². The van der Waals surface area contributed by atoms with Crippen LogP contribution in [0.3, 0.4) is 0 Å². The molecule has 0 radical (unpaired) electrons. The first kappa shape index (κ1) is 24.3. The second-order valence-electron chi connectivity index (χ2n) is 10.2. The highest BCUT2D eigenvalue weighted by atomic mass is 16.7. The first-order valence-corrected chi connectivity index (χ1v) is 11.0. The average Bonchev–Trinajstić information content (AvgIpc) is 3.05. The van der Waals surface area contributed by atoms with Gasteiger partial charge in [0.15, 0.2) is 5.79 Å². The summed E-state index contributed by atoms with van der Waals surface area (Å²) in [6.45, 7) is 22.2. The Bertz CT molecular complexity index is 608. The van der Waals surface area contributed by atoms with Gasteiger partial charge in [-0.25, -0.2) is 0 Å². The molecule has 29 heavy (non-hydrogen) atoms. The Kier molecular flexibility index (Phi) is 7.59. The summed E-state index contributed by atoms with van der Waals surface area (Å²) in [5.74, 6) is -0.298. The maximum absolute atomic E-state index is 11.2. The average molecular weight is 407 g/mol. The van der Waals surface area contributed by atoms with Crippen molar-refractivity contribution in [2.75, 3.05) is 0 Å². The number of allylic oxidation sites excluding steroid dienone is 3. The van der Waals surface area contributed by atoms with Crippen molar-refractivity contribution >= 4 is 0 Å². The van der Waals surface area contributed by atoms with Crippen molar-refractivity contribution < 1.29 is 19.3 Å². The molecule has 0 saturated carbocycles. The molecule has 0 spiro atoms. The Morgan fingerprint density at radius 3 is 2.38 bits per heavy atom. The zero-order valence-electron chi connectivity index (χ0n) is 19.5. The standard InChI is InChI=1S/C25H42O4/c1-10-12-18(4)21-20(26)22(29-24(7,8)28-21)25(9)16-14-19(27-25)23(5,6)15-13-17(3)11-2/h10-11,13,15,17-22,26H,1-2,12,14,16H2,3-9H3/b15-13+/t17-,18-,19+,20+,21-,22-,25-/m0/s1. The van der Waals surface area contributed by atoms with Crippen molar-refractivity contribution in [2.45, 2.75) is 104 Å². The molecule has 0 unspecified atom stereocenters. The van der Waals surface area contributed by atoms with Crippen LogP contribution >= 0.6 is 0 Å². The molecule has 2 heterocycles. The summed E-state index contributed by atoms with van der Waals surface area (Å²) in [7, 11) is 0. The lowest BCUT2D eigenvalue weighted by Crippen LogP contribution is -2.63. The van der Waals surface area contributed by atoms with Gasteiger partial charge in [-0.3, -0.25) is 0 Å². The molecule has 0 aromatic rings. The topological polar surface area (TPSA) is 47.9 Å². The van der Waals surface area contributed by atoms with Crippen LogP contribution in [-0.4, -0.2) is 40.9 Å². The first-order chi connectivity index (χ1) is 13.3. The number of aliphatic hydroxyl groups excluding tert-OH is 1. The van der Waals surface area contributed by atoms with Crippen molar-refractivity contribution in [3.05, 3.63) is 37.5 Å². The van der Waals surface area contributed by atoms with Crippen LogP contribution in [0, 0.1) is 17.3 Å². The predicted molar refractivity (Wildman–Crippen MR) is 119 cm³/mol. The maximum Gasteiger partial charge on any atom is 0.163 e. The molecule has 1 N–H and O–H groups in total. The number of rotatable bonds is 8. The van der Waals surface area contributed by atoms with Crippen LogP contribution < -0.4 is 0 Å². The fourth-order valence-electron chi connectivity index (χ4n) is 4.49. The predicted octanol–water partition coefficient (Wildman–Crippen LogP) is 5.42. The van der Waals surface area contributed by atoms with Crippen LogP contribution in [0.1, 0.15) is 67.7 Å². The summed E-state index contributed by atoms with van der Waals surface area (Å²) >= 11 is 0. The Morgan fingerprint density at radius 1 is 1.14 bits per heavy atom. The van der Waals surface area contributed by atoms with E-state index in [1.807, 2.05) is 26.0 Å². The van der Waals surface area contributed by atoms with Gasteiger partial charge in [0.05, 0.1) is 17.8 Å². The molecule has 0 aliphatic carbocycles. The van der Waals surface area contributed by atoms with Crippen LogP contribution in [0.4, 0.5) is 0 Å². The van der Waals surface area contributed by atoms with Gasteiger partial charge in [0.2, 0.25) is 0 Å². The van der Waals surface area contributed by atoms with Gasteiger partial charge in [-0.1, -0.05) is 52.0 Å². The third kappa shape index (κ3) is 5.61. The Balaban J connectivity index is 2.20. The monoisotopic (exact) mass is 406 g/mol. The number of ether oxygens (including phenoxy) is 3. The van der Waals surface area contributed by atoms with E-state index < -0.39 is 23.6 Å². The minimum Gasteiger partial charge on any atom is -0.388 e. The number of hydrogen-bond donors (Lipinski definition) is 1. The van der Waals surface area contributed by atoms with E-state index in [4.69, 9.17) is 14.2 Å². The minimum absolute atomic E-state index is 0.0616. The molecule has 2 aliphatic rings. The fraction of sp³-hybridized carbons (Fsp3) is 0.760. The van der Waals surface area contributed by atoms with Crippen LogP contribution in [0.15, 0.2) is 37.5 Å². The van der Waals surface area contributed by atoms with Crippen LogP contribution in [0.2, 0.25) is 0 Å². The van der Waals surface area contributed by atoms with E-state index >= 15 is 0 Å². The summed E-state index contributed by atoms with van der Waals surface area (Å²) in [6, 6.07) is 0. The van der Waals surface area contributed by atoms with Crippen molar-refractivity contribution in [1.29, 1.82) is 0 Å². The largest absolute Gasteiger partial charge is 0.388 e. The molecule has 2 rings (SSSR count). The lowest BCUT2D eigenvalue weighted by Gasteiger charge is -2.50. The van der Waals surface area contributed by atoms with Gasteiger partial charge in [-0.15, -0.1) is 13.2 Å². The lowest BCUT2D eigenvalue weighted by molar-refractivity contribution is -0.365. The van der Waals surface area contributed by atoms with Crippen molar-refractivity contribution in [3.8, 4) is 0 Å². The van der Waals surface area contributed by atoms with Crippen molar-refractivity contribution in [1.82, 2.24) is 0 Å². The molecule has 0 aromatic heterocycles. The Labute approximate surface area is 178 Å². The summed E-state index contributed by atoms with van der Waals surface area (Å²) in [5.41, 5.74) is -0.678. The molecule has 7 atom stereocenters. The summed E-state index contributed by atoms with van der Waals surface area (Å²) in [5, 5.41) is 11.2. The normalized spacial score (nSPS) is 37.4. The van der Waals surface area contributed by atoms with Gasteiger partial charge in [0, 0.05) is 5.41 Å². The van der Waals surface area contributed by atoms with Gasteiger partial charge in [0.25, 0.3) is 0 Å². The number of aliphatic hydroxyl groups is 1. The third-order valence-electron chi connectivity index (χ3n) is 6.52. The van der Waals surface area contributed by atoms with E-state index in [9.17, 15) is 5.11 Å². The van der Waals surface area contributed by atoms with Gasteiger partial charge in [-0.05, 0) is 51.9 Å². The van der Waals surface area contributed by atoms with Crippen LogP contribution in [0.25, 0.3) is 0 Å². The molecule has 2 fully saturated rings. The molecular weight excluding hydrogens is 364 g/mol. The first-order valence-electron chi connectivity index (χ1n) is 11.0. The number of hydrogen-bond acceptors (Lipinski definition) is 4. The van der Waals surface area contributed by atoms with Gasteiger partial charge in [0.1, 0.15) is 12.2 Å². The lowest BCUT2D eigenvalue weighted by atomic mass is 9.82. The van der Waals surface area contributed by atoms with Gasteiger partial charge in [-0.2, -0.15) is 0 Å². The van der Waals surface area contributed by atoms with E-state index in [0.29, 0.717) is 5.92 Å². The van der Waals surface area contributed by atoms with E-state index in [1.165, 1.54) is 0 Å². The molecule has 166 valence electrons. The molecule has 0 bridgehead atoms. The highest BCUT2D eigenvalue weighted by Crippen LogP contribution is 2.46. The highest BCUT2D eigenvalue weighted by molar-refractivity contribution is 5.09. The third-order valence-corrected chi connectivity index (χ3v) is 6.52. The van der Waals surface area contributed by atoms with Crippen LogP contribution in [0.5, 0.6) is 0 Å². The minimum atomic E-state index is -0.775. The fourth-order valence-corrected chi connectivity index (χ4v) is 4.49. The van der Waals surface area contributed by atoms with E-state index in [2.05, 4.69) is 59.9 Å². The molecular formula is C25H42O4. The highest BCUT2D eigenvalue weighted by Gasteiger charge is 2.55. The van der Waals surface area contributed by atoms with Crippen molar-refractivity contribution in [3.63, 3.8) is 0 Å². The zero-order valence-corrected chi connectivity index (χ0v) is 19.5. The second kappa shape index (κ2) is 9.05. The SMILES string of the molecule is C=CC[C@H](C)[C@@H]1OC(C)(C)O[C@H]([C@]2(C)CC[C@H](C(C)(C)/C=C/[C@@H](C)C=C)O2)[C@@H]1O. The quantitative estimate of drug-likeness (QED) is 0.547. The Morgan fingerprint density at radius 2 is 1.79 bits per heavy atom. The van der Waals surface area contributed by atoms with E-state index in [-0.39, 0.29) is 23.5 Å². The smallest absolute Gasteiger partial charge is 0.163 e. The second-order valence-corrected chi connectivity index (χ2v) is 10.2. The molecule has 0 amide bonds. The van der Waals surface area contributed by atoms with Crippen LogP contribution in [-0.2, 0) is 14.2 Å². The van der Waals surface area contributed by atoms with E-state index in [0.717, 1.165) is 19.3 Å². The van der Waals surface area contributed by atoms with E-state index in [1.54, 1.807) is 0 Å². The van der Waals surface area contributed by atoms with Gasteiger partial charge >= 0.3 is 0 Å². The molecule has 2 saturated heterocycles. The molecule has 4 nitrogen and oxygen atoms in total. The molecule has 2 aliphatic heterocycles. The summed E-state index contributed by atoms with van der Waals surface area (Å²) < 4.78 is 19.0. The maximum atomic E-state index is 11.2.